The Kier molecular flexibility index (Phi) is 3.37. The van der Waals surface area contributed by atoms with E-state index in [4.69, 9.17) is 4.42 Å². The molecule has 0 bridgehead atoms. The van der Waals surface area contributed by atoms with Gasteiger partial charge in [-0.25, -0.2) is 0 Å². The second kappa shape index (κ2) is 5.36. The predicted molar refractivity (Wildman–Crippen MR) is 83.6 cm³/mol. The summed E-state index contributed by atoms with van der Waals surface area (Å²) in [5.41, 5.74) is 1.44. The summed E-state index contributed by atoms with van der Waals surface area (Å²) in [5, 5.41) is 12.4. The lowest BCUT2D eigenvalue weighted by Crippen LogP contribution is -2.34. The molecule has 1 aliphatic rings. The molecule has 0 spiro atoms. The van der Waals surface area contributed by atoms with Crippen LogP contribution >= 0.6 is 22.7 Å². The minimum atomic E-state index is 0.312. The van der Waals surface area contributed by atoms with Crippen LogP contribution in [0.4, 0.5) is 0 Å². The summed E-state index contributed by atoms with van der Waals surface area (Å²) in [6.07, 6.45) is 1.10. The molecule has 1 aliphatic heterocycles. The summed E-state index contributed by atoms with van der Waals surface area (Å²) in [6, 6.07) is 6.91. The van der Waals surface area contributed by atoms with Gasteiger partial charge in [0.15, 0.2) is 0 Å². The van der Waals surface area contributed by atoms with E-state index >= 15 is 0 Å². The minimum absolute atomic E-state index is 0.312. The van der Waals surface area contributed by atoms with Gasteiger partial charge in [-0.05, 0) is 34.9 Å². The van der Waals surface area contributed by atoms with Crippen molar-refractivity contribution in [2.75, 3.05) is 6.54 Å². The van der Waals surface area contributed by atoms with Crippen LogP contribution < -0.4 is 0 Å². The van der Waals surface area contributed by atoms with Crippen LogP contribution in [0.2, 0.25) is 0 Å². The first-order valence-corrected chi connectivity index (χ1v) is 8.70. The number of aromatic nitrogens is 2. The highest BCUT2D eigenvalue weighted by Gasteiger charge is 2.31. The Balaban J connectivity index is 1.69. The molecule has 4 rings (SSSR count). The molecule has 108 valence electrons. The van der Waals surface area contributed by atoms with Crippen LogP contribution in [0.1, 0.15) is 33.1 Å². The zero-order valence-electron chi connectivity index (χ0n) is 11.7. The Morgan fingerprint density at radius 3 is 3.00 bits per heavy atom. The highest BCUT2D eigenvalue weighted by atomic mass is 32.1. The summed E-state index contributed by atoms with van der Waals surface area (Å²) in [6.45, 7) is 3.57. The maximum Gasteiger partial charge on any atom is 0.230 e. The van der Waals surface area contributed by atoms with Gasteiger partial charge in [-0.3, -0.25) is 4.90 Å². The Bertz CT molecular complexity index is 732. The van der Waals surface area contributed by atoms with Crippen molar-refractivity contribution in [3.05, 3.63) is 56.1 Å². The molecule has 3 aromatic heterocycles. The van der Waals surface area contributed by atoms with Gasteiger partial charge in [-0.15, -0.1) is 32.9 Å². The van der Waals surface area contributed by atoms with Crippen molar-refractivity contribution in [3.8, 4) is 0 Å². The zero-order chi connectivity index (χ0) is 14.2. The third-order valence-electron chi connectivity index (χ3n) is 3.78. The van der Waals surface area contributed by atoms with Gasteiger partial charge in [-0.1, -0.05) is 6.07 Å². The molecule has 0 saturated heterocycles. The number of fused-ring (bicyclic) bond motifs is 1. The molecule has 4 heterocycles. The van der Waals surface area contributed by atoms with Crippen molar-refractivity contribution >= 4 is 22.7 Å². The average molecular weight is 317 g/mol. The first kappa shape index (κ1) is 13.2. The van der Waals surface area contributed by atoms with Gasteiger partial charge in [0.2, 0.25) is 11.8 Å². The Labute approximate surface area is 131 Å². The van der Waals surface area contributed by atoms with Crippen LogP contribution in [0.15, 0.2) is 33.4 Å². The Morgan fingerprint density at radius 2 is 2.24 bits per heavy atom. The molecule has 0 aromatic carbocycles. The number of nitrogens with zero attached hydrogens (tertiary/aromatic N) is 3. The lowest BCUT2D eigenvalue weighted by molar-refractivity contribution is 0.188. The van der Waals surface area contributed by atoms with Crippen molar-refractivity contribution < 1.29 is 4.42 Å². The molecule has 0 radical (unpaired) electrons. The van der Waals surface area contributed by atoms with E-state index in [2.05, 4.69) is 44.1 Å². The third-order valence-corrected chi connectivity index (χ3v) is 5.71. The summed E-state index contributed by atoms with van der Waals surface area (Å²) in [4.78, 5) is 5.32. The number of hydrogen-bond acceptors (Lipinski definition) is 6. The molecule has 0 fully saturated rings. The van der Waals surface area contributed by atoms with Gasteiger partial charge in [0.25, 0.3) is 0 Å². The smallest absolute Gasteiger partial charge is 0.230 e. The first-order valence-electron chi connectivity index (χ1n) is 6.94. The van der Waals surface area contributed by atoms with E-state index in [9.17, 15) is 0 Å². The van der Waals surface area contributed by atoms with E-state index in [0.717, 1.165) is 13.0 Å². The third kappa shape index (κ3) is 2.43. The molecule has 0 unspecified atom stereocenters. The van der Waals surface area contributed by atoms with Crippen LogP contribution in [0.25, 0.3) is 0 Å². The fraction of sp³-hybridized carbons (Fsp3) is 0.333. The molecule has 21 heavy (non-hydrogen) atoms. The van der Waals surface area contributed by atoms with E-state index < -0.39 is 0 Å². The molecule has 0 N–H and O–H groups in total. The van der Waals surface area contributed by atoms with E-state index in [-0.39, 0.29) is 0 Å². The second-order valence-electron chi connectivity index (χ2n) is 5.15. The molecule has 4 nitrogen and oxygen atoms in total. The van der Waals surface area contributed by atoms with E-state index in [1.807, 2.05) is 29.6 Å². The van der Waals surface area contributed by atoms with Crippen molar-refractivity contribution in [2.45, 2.75) is 25.9 Å². The maximum absolute atomic E-state index is 5.56. The SMILES string of the molecule is Cc1nnc(CN2CCc3sccc3[C@@H]2c2cccs2)o1. The van der Waals surface area contributed by atoms with E-state index in [1.165, 1.54) is 15.3 Å². The number of aryl methyl sites for hydroxylation is 1. The molecule has 6 heteroatoms. The normalized spacial score (nSPS) is 18.8. The van der Waals surface area contributed by atoms with Crippen LogP contribution in [-0.2, 0) is 13.0 Å². The molecular weight excluding hydrogens is 302 g/mol. The summed E-state index contributed by atoms with van der Waals surface area (Å²) >= 11 is 3.68. The largest absolute Gasteiger partial charge is 0.424 e. The Morgan fingerprint density at radius 1 is 1.29 bits per heavy atom. The van der Waals surface area contributed by atoms with Gasteiger partial charge < -0.3 is 4.42 Å². The quantitative estimate of drug-likeness (QED) is 0.739. The molecule has 0 saturated carbocycles. The summed E-state index contributed by atoms with van der Waals surface area (Å²) < 4.78 is 5.56. The second-order valence-corrected chi connectivity index (χ2v) is 7.13. The van der Waals surface area contributed by atoms with Crippen molar-refractivity contribution in [1.82, 2.24) is 15.1 Å². The number of hydrogen-bond donors (Lipinski definition) is 0. The fourth-order valence-corrected chi connectivity index (χ4v) is 4.67. The number of rotatable bonds is 3. The molecule has 0 aliphatic carbocycles. The Hall–Kier alpha value is -1.50. The van der Waals surface area contributed by atoms with E-state index in [0.29, 0.717) is 24.4 Å². The average Bonchev–Trinajstić information content (AvgIpc) is 3.20. The van der Waals surface area contributed by atoms with Gasteiger partial charge in [-0.2, -0.15) is 0 Å². The lowest BCUT2D eigenvalue weighted by Gasteiger charge is -2.34. The highest BCUT2D eigenvalue weighted by Crippen LogP contribution is 2.39. The topological polar surface area (TPSA) is 42.2 Å². The predicted octanol–water partition coefficient (Wildman–Crippen LogP) is 3.65. The minimum Gasteiger partial charge on any atom is -0.424 e. The fourth-order valence-electron chi connectivity index (χ4n) is 2.89. The molecular formula is C15H15N3OS2. The van der Waals surface area contributed by atoms with Crippen molar-refractivity contribution in [2.24, 2.45) is 0 Å². The van der Waals surface area contributed by atoms with Crippen LogP contribution in [0.5, 0.6) is 0 Å². The van der Waals surface area contributed by atoms with Crippen molar-refractivity contribution in [3.63, 3.8) is 0 Å². The zero-order valence-corrected chi connectivity index (χ0v) is 13.3. The van der Waals surface area contributed by atoms with E-state index in [1.54, 1.807) is 0 Å². The molecule has 0 amide bonds. The van der Waals surface area contributed by atoms with Gasteiger partial charge in [0, 0.05) is 23.2 Å². The van der Waals surface area contributed by atoms with Crippen molar-refractivity contribution in [1.29, 1.82) is 0 Å². The van der Waals surface area contributed by atoms with Gasteiger partial charge in [0.1, 0.15) is 0 Å². The molecule has 3 aromatic rings. The van der Waals surface area contributed by atoms with Gasteiger partial charge in [0.05, 0.1) is 12.6 Å². The summed E-state index contributed by atoms with van der Waals surface area (Å²) in [7, 11) is 0. The van der Waals surface area contributed by atoms with Crippen LogP contribution in [0.3, 0.4) is 0 Å². The highest BCUT2D eigenvalue weighted by molar-refractivity contribution is 7.10. The standard InChI is InChI=1S/C15H15N3OS2/c1-10-16-17-14(19-10)9-18-6-4-12-11(5-8-21-12)15(18)13-3-2-7-20-13/h2-3,5,7-8,15H,4,6,9H2,1H3/t15-/m1/s1. The summed E-state index contributed by atoms with van der Waals surface area (Å²) in [5.74, 6) is 1.33. The van der Waals surface area contributed by atoms with Crippen LogP contribution in [0, 0.1) is 6.92 Å². The maximum atomic E-state index is 5.56. The number of thiophene rings is 2. The lowest BCUT2D eigenvalue weighted by atomic mass is 9.98. The monoisotopic (exact) mass is 317 g/mol. The van der Waals surface area contributed by atoms with Gasteiger partial charge >= 0.3 is 0 Å². The van der Waals surface area contributed by atoms with Crippen LogP contribution in [-0.4, -0.2) is 21.6 Å². The first-order chi connectivity index (χ1) is 10.3. The molecule has 1 atom stereocenters.